The van der Waals surface area contributed by atoms with Gasteiger partial charge in [0.1, 0.15) is 23.9 Å². The summed E-state index contributed by atoms with van der Waals surface area (Å²) in [7, 11) is 0. The molecule has 0 fully saturated rings. The number of benzene rings is 4. The average molecular weight is 499 g/mol. The molecule has 0 unspecified atom stereocenters. The van der Waals surface area contributed by atoms with Gasteiger partial charge in [-0.25, -0.2) is 9.40 Å². The standard InChI is InChI=1S/C30H24ClFN2O2/c1-19-2-6-21(7-3-19)27-17-28-26-16-23(31)10-15-29(26)36-30(34(28)33-27)22-8-13-25(14-9-22)35-18-20-4-11-24(32)12-5-20/h2-16,28,30H,17-18H2,1H3/t28-,30+/m1/s1. The molecule has 0 aromatic heterocycles. The highest BCUT2D eigenvalue weighted by Gasteiger charge is 2.41. The normalized spacial score (nSPS) is 18.2. The lowest BCUT2D eigenvalue weighted by atomic mass is 9.95. The summed E-state index contributed by atoms with van der Waals surface area (Å²) in [5.41, 5.74) is 6.29. The summed E-state index contributed by atoms with van der Waals surface area (Å²) in [6.07, 6.45) is 0.396. The Bertz CT molecular complexity index is 1420. The number of rotatable bonds is 5. The summed E-state index contributed by atoms with van der Waals surface area (Å²) in [6, 6.07) is 28.4. The topological polar surface area (TPSA) is 34.1 Å². The van der Waals surface area contributed by atoms with Crippen LogP contribution in [0.1, 0.15) is 46.5 Å². The number of hydrogen-bond acceptors (Lipinski definition) is 4. The van der Waals surface area contributed by atoms with Gasteiger partial charge in [-0.15, -0.1) is 0 Å². The summed E-state index contributed by atoms with van der Waals surface area (Å²) in [5, 5.41) is 7.75. The van der Waals surface area contributed by atoms with Crippen LogP contribution in [-0.4, -0.2) is 10.7 Å². The van der Waals surface area contributed by atoms with E-state index >= 15 is 0 Å². The van der Waals surface area contributed by atoms with Crippen molar-refractivity contribution in [2.24, 2.45) is 5.10 Å². The van der Waals surface area contributed by atoms with E-state index in [4.69, 9.17) is 26.2 Å². The van der Waals surface area contributed by atoms with Crippen LogP contribution in [0, 0.1) is 12.7 Å². The van der Waals surface area contributed by atoms with Gasteiger partial charge in [0.25, 0.3) is 0 Å². The Labute approximate surface area is 214 Å². The Kier molecular flexibility index (Phi) is 5.86. The van der Waals surface area contributed by atoms with Gasteiger partial charge in [0.15, 0.2) is 0 Å². The third-order valence-corrected chi connectivity index (χ3v) is 6.86. The van der Waals surface area contributed by atoms with Crippen molar-refractivity contribution in [2.45, 2.75) is 32.2 Å². The highest BCUT2D eigenvalue weighted by molar-refractivity contribution is 6.30. The van der Waals surface area contributed by atoms with Gasteiger partial charge in [0, 0.05) is 22.6 Å². The third-order valence-electron chi connectivity index (χ3n) is 6.62. The summed E-state index contributed by atoms with van der Waals surface area (Å²) in [6.45, 7) is 2.45. The van der Waals surface area contributed by atoms with E-state index in [0.29, 0.717) is 11.6 Å². The molecule has 180 valence electrons. The van der Waals surface area contributed by atoms with Gasteiger partial charge in [-0.3, -0.25) is 0 Å². The Hall–Kier alpha value is -3.83. The van der Waals surface area contributed by atoms with Crippen LogP contribution in [0.5, 0.6) is 11.5 Å². The van der Waals surface area contributed by atoms with Crippen molar-refractivity contribution in [1.29, 1.82) is 0 Å². The molecule has 0 saturated carbocycles. The molecule has 0 radical (unpaired) electrons. The first-order chi connectivity index (χ1) is 17.5. The smallest absolute Gasteiger partial charge is 0.213 e. The second kappa shape index (κ2) is 9.32. The van der Waals surface area contributed by atoms with Gasteiger partial charge >= 0.3 is 0 Å². The number of halogens is 2. The molecule has 0 aliphatic carbocycles. The van der Waals surface area contributed by atoms with E-state index in [1.54, 1.807) is 12.1 Å². The van der Waals surface area contributed by atoms with Crippen molar-refractivity contribution >= 4 is 17.3 Å². The highest BCUT2D eigenvalue weighted by atomic mass is 35.5. The molecule has 0 N–H and O–H groups in total. The summed E-state index contributed by atoms with van der Waals surface area (Å²) >= 11 is 6.35. The average Bonchev–Trinajstić information content (AvgIpc) is 3.35. The second-order valence-electron chi connectivity index (χ2n) is 9.15. The van der Waals surface area contributed by atoms with Gasteiger partial charge in [-0.1, -0.05) is 53.6 Å². The van der Waals surface area contributed by atoms with E-state index in [9.17, 15) is 4.39 Å². The monoisotopic (exact) mass is 498 g/mol. The largest absolute Gasteiger partial charge is 0.489 e. The minimum absolute atomic E-state index is 0.0307. The Morgan fingerprint density at radius 3 is 2.47 bits per heavy atom. The van der Waals surface area contributed by atoms with Crippen LogP contribution in [0.3, 0.4) is 0 Å². The maximum atomic E-state index is 13.1. The van der Waals surface area contributed by atoms with E-state index < -0.39 is 0 Å². The lowest BCUT2D eigenvalue weighted by Gasteiger charge is -2.38. The lowest BCUT2D eigenvalue weighted by molar-refractivity contribution is -0.0190. The van der Waals surface area contributed by atoms with Gasteiger partial charge in [-0.2, -0.15) is 5.10 Å². The quantitative estimate of drug-likeness (QED) is 0.284. The van der Waals surface area contributed by atoms with Crippen LogP contribution in [0.4, 0.5) is 4.39 Å². The van der Waals surface area contributed by atoms with Gasteiger partial charge in [0.05, 0.1) is 11.8 Å². The number of nitrogens with zero attached hydrogens (tertiary/aromatic N) is 2. The molecule has 0 bridgehead atoms. The van der Waals surface area contributed by atoms with Crippen molar-refractivity contribution in [1.82, 2.24) is 5.01 Å². The van der Waals surface area contributed by atoms with Crippen LogP contribution in [-0.2, 0) is 6.61 Å². The van der Waals surface area contributed by atoms with E-state index in [1.165, 1.54) is 17.7 Å². The molecule has 36 heavy (non-hydrogen) atoms. The molecule has 2 heterocycles. The predicted molar refractivity (Wildman–Crippen MR) is 139 cm³/mol. The maximum absolute atomic E-state index is 13.1. The van der Waals surface area contributed by atoms with Crippen LogP contribution in [0.2, 0.25) is 5.02 Å². The molecule has 6 rings (SSSR count). The first-order valence-corrected chi connectivity index (χ1v) is 12.3. The number of ether oxygens (including phenoxy) is 2. The maximum Gasteiger partial charge on any atom is 0.213 e. The molecule has 4 aromatic rings. The van der Waals surface area contributed by atoms with E-state index in [-0.39, 0.29) is 18.1 Å². The lowest BCUT2D eigenvalue weighted by Crippen LogP contribution is -2.33. The first kappa shape index (κ1) is 22.6. The first-order valence-electron chi connectivity index (χ1n) is 11.9. The van der Waals surface area contributed by atoms with Crippen molar-refractivity contribution in [3.63, 3.8) is 0 Å². The highest BCUT2D eigenvalue weighted by Crippen LogP contribution is 2.48. The summed E-state index contributed by atoms with van der Waals surface area (Å²) in [5.74, 6) is 1.29. The van der Waals surface area contributed by atoms with Crippen LogP contribution in [0.15, 0.2) is 96.1 Å². The molecule has 2 aliphatic rings. The fraction of sp³-hybridized carbons (Fsp3) is 0.167. The molecule has 0 saturated heterocycles. The molecule has 4 aromatic carbocycles. The zero-order chi connectivity index (χ0) is 24.6. The van der Waals surface area contributed by atoms with E-state index in [1.807, 2.05) is 47.5 Å². The van der Waals surface area contributed by atoms with Crippen LogP contribution >= 0.6 is 11.6 Å². The number of hydrazone groups is 1. The molecular formula is C30H24ClFN2O2. The van der Waals surface area contributed by atoms with E-state index in [2.05, 4.69) is 31.2 Å². The van der Waals surface area contributed by atoms with Gasteiger partial charge in [0.2, 0.25) is 6.23 Å². The predicted octanol–water partition coefficient (Wildman–Crippen LogP) is 7.61. The number of hydrogen-bond donors (Lipinski definition) is 0. The van der Waals surface area contributed by atoms with Crippen molar-refractivity contribution < 1.29 is 13.9 Å². The Morgan fingerprint density at radius 2 is 1.72 bits per heavy atom. The van der Waals surface area contributed by atoms with Crippen molar-refractivity contribution in [3.05, 3.63) is 130 Å². The van der Waals surface area contributed by atoms with Gasteiger partial charge < -0.3 is 9.47 Å². The van der Waals surface area contributed by atoms with Gasteiger partial charge in [-0.05, 0) is 72.6 Å². The van der Waals surface area contributed by atoms with Crippen molar-refractivity contribution in [2.75, 3.05) is 0 Å². The molecule has 0 spiro atoms. The Morgan fingerprint density at radius 1 is 0.972 bits per heavy atom. The van der Waals surface area contributed by atoms with Crippen LogP contribution in [0.25, 0.3) is 0 Å². The fourth-order valence-corrected chi connectivity index (χ4v) is 4.86. The second-order valence-corrected chi connectivity index (χ2v) is 9.59. The van der Waals surface area contributed by atoms with Crippen LogP contribution < -0.4 is 9.47 Å². The molecule has 2 aliphatic heterocycles. The molecular weight excluding hydrogens is 475 g/mol. The Balaban J connectivity index is 1.27. The third kappa shape index (κ3) is 4.42. The van der Waals surface area contributed by atoms with Crippen molar-refractivity contribution in [3.8, 4) is 11.5 Å². The zero-order valence-electron chi connectivity index (χ0n) is 19.7. The fourth-order valence-electron chi connectivity index (χ4n) is 4.67. The summed E-state index contributed by atoms with van der Waals surface area (Å²) in [4.78, 5) is 0. The summed E-state index contributed by atoms with van der Waals surface area (Å²) < 4.78 is 25.5. The molecule has 2 atom stereocenters. The minimum atomic E-state index is -0.377. The van der Waals surface area contributed by atoms with E-state index in [0.717, 1.165) is 45.9 Å². The molecule has 0 amide bonds. The number of fused-ring (bicyclic) bond motifs is 3. The SMILES string of the molecule is Cc1ccc(C2=NN3[C@H](C2)c2cc(Cl)ccc2O[C@H]3c2ccc(OCc3ccc(F)cc3)cc2)cc1. The molecule has 4 nitrogen and oxygen atoms in total. The molecule has 6 heteroatoms. The zero-order valence-corrected chi connectivity index (χ0v) is 20.5. The number of aryl methyl sites for hydroxylation is 1. The minimum Gasteiger partial charge on any atom is -0.489 e.